The van der Waals surface area contributed by atoms with E-state index < -0.39 is 11.4 Å². The maximum atomic E-state index is 11.4. The predicted octanol–water partition coefficient (Wildman–Crippen LogP) is 0.0601. The largest absolute Gasteiger partial charge is 0.348 e. The fraction of sp³-hybridized carbons (Fsp3) is 0.333. The van der Waals surface area contributed by atoms with E-state index in [2.05, 4.69) is 31.3 Å². The van der Waals surface area contributed by atoms with Gasteiger partial charge in [0, 0.05) is 5.56 Å². The van der Waals surface area contributed by atoms with E-state index in [0.29, 0.717) is 5.69 Å². The van der Waals surface area contributed by atoms with Gasteiger partial charge in [-0.25, -0.2) is 24.4 Å². The fourth-order valence-corrected chi connectivity index (χ4v) is 1.84. The zero-order valence-electron chi connectivity index (χ0n) is 10.7. The summed E-state index contributed by atoms with van der Waals surface area (Å²) in [5, 5.41) is 4.51. The highest BCUT2D eigenvalue weighted by Gasteiger charge is 2.10. The lowest BCUT2D eigenvalue weighted by Crippen LogP contribution is -2.33. The third kappa shape index (κ3) is 2.60. The molecule has 0 aliphatic heterocycles. The van der Waals surface area contributed by atoms with Gasteiger partial charge in [-0.1, -0.05) is 12.1 Å². The molecule has 0 unspecified atom stereocenters. The minimum absolute atomic E-state index is 0.459. The van der Waals surface area contributed by atoms with Crippen LogP contribution in [0.4, 0.5) is 0 Å². The Morgan fingerprint density at radius 1 is 1.00 bits per heavy atom. The van der Waals surface area contributed by atoms with E-state index in [0.717, 1.165) is 21.2 Å². The van der Waals surface area contributed by atoms with Crippen LogP contribution in [0, 0.1) is 0 Å². The number of nitrogens with zero attached hydrogens (tertiary/aromatic N) is 2. The van der Waals surface area contributed by atoms with E-state index >= 15 is 0 Å². The van der Waals surface area contributed by atoms with Gasteiger partial charge in [-0.05, 0) is 12.1 Å². The van der Waals surface area contributed by atoms with Crippen LogP contribution in [0.5, 0.6) is 0 Å². The lowest BCUT2D eigenvalue weighted by molar-refractivity contribution is -0.884. The molecule has 6 nitrogen and oxygen atoms in total. The average molecular weight is 249 g/mol. The number of benzene rings is 1. The standard InChI is InChI=1S/C12H16N4O2/c1-16(2,3)8-9-4-6-10(7-5-9)15-11(17)13-14-12(15)18/h4-7H,8H2,1-3H3,(H-,13,14,17,18)/p+1. The molecule has 96 valence electrons. The molecule has 0 radical (unpaired) electrons. The topological polar surface area (TPSA) is 70.7 Å². The number of rotatable bonds is 3. The molecule has 0 bridgehead atoms. The minimum Gasteiger partial charge on any atom is -0.327 e. The second kappa shape index (κ2) is 4.30. The molecule has 1 aromatic heterocycles. The van der Waals surface area contributed by atoms with Crippen molar-refractivity contribution in [1.82, 2.24) is 14.8 Å². The molecule has 1 heterocycles. The van der Waals surface area contributed by atoms with Crippen molar-refractivity contribution in [2.75, 3.05) is 21.1 Å². The zero-order chi connectivity index (χ0) is 13.3. The van der Waals surface area contributed by atoms with Crippen LogP contribution in [0.15, 0.2) is 33.9 Å². The summed E-state index contributed by atoms with van der Waals surface area (Å²) in [5.41, 5.74) is 0.803. The molecule has 0 fully saturated rings. The normalized spacial score (nSPS) is 11.7. The molecule has 2 aromatic rings. The van der Waals surface area contributed by atoms with Crippen molar-refractivity contribution < 1.29 is 4.48 Å². The Bertz CT molecular complexity index is 613. The van der Waals surface area contributed by atoms with E-state index in [-0.39, 0.29) is 0 Å². The van der Waals surface area contributed by atoms with Crippen molar-refractivity contribution in [3.63, 3.8) is 0 Å². The van der Waals surface area contributed by atoms with E-state index in [1.807, 2.05) is 12.1 Å². The second-order valence-electron chi connectivity index (χ2n) is 5.31. The van der Waals surface area contributed by atoms with Crippen LogP contribution in [-0.2, 0) is 6.54 Å². The van der Waals surface area contributed by atoms with Crippen molar-refractivity contribution in [2.45, 2.75) is 6.54 Å². The predicted molar refractivity (Wildman–Crippen MR) is 68.7 cm³/mol. The molecule has 18 heavy (non-hydrogen) atoms. The first-order chi connectivity index (χ1) is 8.37. The van der Waals surface area contributed by atoms with Crippen LogP contribution >= 0.6 is 0 Å². The number of aromatic amines is 2. The molecule has 0 spiro atoms. The van der Waals surface area contributed by atoms with Crippen molar-refractivity contribution in [3.8, 4) is 5.69 Å². The van der Waals surface area contributed by atoms with Crippen molar-refractivity contribution in [3.05, 3.63) is 50.8 Å². The van der Waals surface area contributed by atoms with E-state index in [4.69, 9.17) is 0 Å². The summed E-state index contributed by atoms with van der Waals surface area (Å²) in [7, 11) is 6.32. The molecule has 0 saturated heterocycles. The van der Waals surface area contributed by atoms with Crippen molar-refractivity contribution >= 4 is 0 Å². The SMILES string of the molecule is C[N+](C)(C)Cc1ccc(-n2c(=O)[nH][nH]c2=O)cc1. The van der Waals surface area contributed by atoms with Crippen LogP contribution in [0.3, 0.4) is 0 Å². The first-order valence-electron chi connectivity index (χ1n) is 5.66. The van der Waals surface area contributed by atoms with Gasteiger partial charge in [-0.2, -0.15) is 0 Å². The van der Waals surface area contributed by atoms with Gasteiger partial charge >= 0.3 is 11.4 Å². The molecule has 1 aromatic carbocycles. The highest BCUT2D eigenvalue weighted by atomic mass is 16.2. The number of H-pyrrole nitrogens is 2. The van der Waals surface area contributed by atoms with Crippen LogP contribution < -0.4 is 11.4 Å². The lowest BCUT2D eigenvalue weighted by Gasteiger charge is -2.23. The highest BCUT2D eigenvalue weighted by molar-refractivity contribution is 5.33. The Kier molecular flexibility index (Phi) is 2.96. The minimum atomic E-state index is -0.459. The number of aromatic nitrogens is 3. The molecule has 0 aliphatic rings. The van der Waals surface area contributed by atoms with E-state index in [9.17, 15) is 9.59 Å². The summed E-state index contributed by atoms with van der Waals surface area (Å²) in [6.07, 6.45) is 0. The number of nitrogens with one attached hydrogen (secondary N) is 2. The van der Waals surface area contributed by atoms with Gasteiger partial charge in [-0.15, -0.1) is 0 Å². The molecular weight excluding hydrogens is 232 g/mol. The van der Waals surface area contributed by atoms with E-state index in [1.165, 1.54) is 0 Å². The Morgan fingerprint density at radius 2 is 1.50 bits per heavy atom. The maximum absolute atomic E-state index is 11.4. The summed E-state index contributed by atoms with van der Waals surface area (Å²) >= 11 is 0. The Labute approximate surface area is 104 Å². The van der Waals surface area contributed by atoms with Crippen LogP contribution in [0.2, 0.25) is 0 Å². The fourth-order valence-electron chi connectivity index (χ4n) is 1.84. The Balaban J connectivity index is 2.34. The van der Waals surface area contributed by atoms with E-state index in [1.54, 1.807) is 12.1 Å². The number of hydrogen-bond acceptors (Lipinski definition) is 2. The smallest absolute Gasteiger partial charge is 0.327 e. The quantitative estimate of drug-likeness (QED) is 0.755. The summed E-state index contributed by atoms with van der Waals surface area (Å²) in [6.45, 7) is 0.888. The first-order valence-corrected chi connectivity index (χ1v) is 5.66. The molecule has 2 rings (SSSR count). The van der Waals surface area contributed by atoms with Gasteiger partial charge in [0.05, 0.1) is 26.8 Å². The van der Waals surface area contributed by atoms with Crippen LogP contribution in [0.1, 0.15) is 5.56 Å². The number of hydrogen-bond donors (Lipinski definition) is 2. The third-order valence-corrected chi connectivity index (χ3v) is 2.53. The second-order valence-corrected chi connectivity index (χ2v) is 5.31. The Hall–Kier alpha value is -2.08. The molecule has 0 saturated carbocycles. The zero-order valence-corrected chi connectivity index (χ0v) is 10.7. The van der Waals surface area contributed by atoms with Gasteiger partial charge in [0.15, 0.2) is 0 Å². The van der Waals surface area contributed by atoms with Gasteiger partial charge in [-0.3, -0.25) is 0 Å². The van der Waals surface area contributed by atoms with Gasteiger partial charge in [0.1, 0.15) is 6.54 Å². The van der Waals surface area contributed by atoms with Crippen LogP contribution in [-0.4, -0.2) is 40.4 Å². The van der Waals surface area contributed by atoms with Crippen molar-refractivity contribution in [2.24, 2.45) is 0 Å². The molecule has 0 amide bonds. The molecule has 0 aliphatic carbocycles. The maximum Gasteiger partial charge on any atom is 0.348 e. The summed E-state index contributed by atoms with van der Waals surface area (Å²) in [4.78, 5) is 22.9. The highest BCUT2D eigenvalue weighted by Crippen LogP contribution is 2.10. The van der Waals surface area contributed by atoms with Gasteiger partial charge in [0.25, 0.3) is 0 Å². The first kappa shape index (κ1) is 12.4. The monoisotopic (exact) mass is 249 g/mol. The molecule has 6 heteroatoms. The van der Waals surface area contributed by atoms with Crippen molar-refractivity contribution in [1.29, 1.82) is 0 Å². The van der Waals surface area contributed by atoms with Gasteiger partial charge < -0.3 is 4.48 Å². The molecular formula is C12H17N4O2+. The summed E-state index contributed by atoms with van der Waals surface area (Å²) < 4.78 is 1.89. The summed E-state index contributed by atoms with van der Waals surface area (Å²) in [5.74, 6) is 0. The molecule has 0 atom stereocenters. The third-order valence-electron chi connectivity index (χ3n) is 2.53. The van der Waals surface area contributed by atoms with Crippen LogP contribution in [0.25, 0.3) is 5.69 Å². The van der Waals surface area contributed by atoms with Gasteiger partial charge in [0.2, 0.25) is 0 Å². The molecule has 2 N–H and O–H groups in total. The number of quaternary nitrogens is 1. The lowest BCUT2D eigenvalue weighted by atomic mass is 10.2. The Morgan fingerprint density at radius 3 is 1.94 bits per heavy atom. The average Bonchev–Trinajstić information content (AvgIpc) is 2.58. The summed E-state index contributed by atoms with van der Waals surface area (Å²) in [6, 6.07) is 7.40.